The molecule has 0 aliphatic heterocycles. The Labute approximate surface area is 102 Å². The van der Waals surface area contributed by atoms with Gasteiger partial charge in [0.2, 0.25) is 0 Å². The van der Waals surface area contributed by atoms with Crippen molar-refractivity contribution >= 4 is 11.3 Å². The second kappa shape index (κ2) is 5.28. The third kappa shape index (κ3) is 2.83. The normalized spacial score (nSPS) is 25.5. The Morgan fingerprint density at radius 3 is 2.88 bits per heavy atom. The van der Waals surface area contributed by atoms with E-state index in [0.29, 0.717) is 12.0 Å². The Bertz CT molecular complexity index is 332. The number of aromatic nitrogens is 1. The lowest BCUT2D eigenvalue weighted by Gasteiger charge is -2.16. The topological polar surface area (TPSA) is 24.9 Å². The quantitative estimate of drug-likeness (QED) is 0.868. The van der Waals surface area contributed by atoms with E-state index < -0.39 is 0 Å². The van der Waals surface area contributed by atoms with Crippen LogP contribution in [-0.2, 0) is 6.54 Å². The Hall–Kier alpha value is -0.410. The molecule has 2 nitrogen and oxygen atoms in total. The molecule has 0 radical (unpaired) electrons. The molecule has 1 saturated carbocycles. The van der Waals surface area contributed by atoms with Crippen molar-refractivity contribution in [3.05, 3.63) is 16.1 Å². The van der Waals surface area contributed by atoms with Crippen LogP contribution in [-0.4, -0.2) is 11.0 Å². The number of hydrogen-bond donors (Lipinski definition) is 1. The first-order valence-corrected chi connectivity index (χ1v) is 7.22. The fourth-order valence-corrected chi connectivity index (χ4v) is 3.24. The maximum Gasteiger partial charge on any atom is 0.107 e. The SMILES string of the molecule is CC(C)c1csc(CNC2CCCC2C)n1. The lowest BCUT2D eigenvalue weighted by Crippen LogP contribution is -2.30. The molecule has 2 rings (SSSR count). The summed E-state index contributed by atoms with van der Waals surface area (Å²) in [5, 5.41) is 7.08. The highest BCUT2D eigenvalue weighted by Crippen LogP contribution is 2.25. The van der Waals surface area contributed by atoms with Crippen LogP contribution in [0, 0.1) is 5.92 Å². The van der Waals surface area contributed by atoms with Gasteiger partial charge in [-0.3, -0.25) is 0 Å². The summed E-state index contributed by atoms with van der Waals surface area (Å²) in [4.78, 5) is 4.65. The van der Waals surface area contributed by atoms with Crippen molar-refractivity contribution in [1.29, 1.82) is 0 Å². The first kappa shape index (κ1) is 12.1. The van der Waals surface area contributed by atoms with Gasteiger partial charge in [-0.15, -0.1) is 11.3 Å². The van der Waals surface area contributed by atoms with Crippen LogP contribution in [0.3, 0.4) is 0 Å². The van der Waals surface area contributed by atoms with Gasteiger partial charge in [0.25, 0.3) is 0 Å². The molecule has 16 heavy (non-hydrogen) atoms. The second-order valence-corrected chi connectivity index (χ2v) is 6.16. The van der Waals surface area contributed by atoms with Crippen molar-refractivity contribution in [3.63, 3.8) is 0 Å². The van der Waals surface area contributed by atoms with Crippen LogP contribution in [0.15, 0.2) is 5.38 Å². The molecule has 0 bridgehead atoms. The van der Waals surface area contributed by atoms with Gasteiger partial charge in [-0.05, 0) is 24.7 Å². The number of nitrogens with one attached hydrogen (secondary N) is 1. The van der Waals surface area contributed by atoms with Gasteiger partial charge in [-0.1, -0.05) is 27.2 Å². The highest BCUT2D eigenvalue weighted by molar-refractivity contribution is 7.09. The van der Waals surface area contributed by atoms with Crippen molar-refractivity contribution in [1.82, 2.24) is 10.3 Å². The van der Waals surface area contributed by atoms with Crippen molar-refractivity contribution < 1.29 is 0 Å². The third-order valence-electron chi connectivity index (χ3n) is 3.54. The molecule has 1 aromatic rings. The van der Waals surface area contributed by atoms with Gasteiger partial charge >= 0.3 is 0 Å². The maximum atomic E-state index is 4.65. The minimum atomic E-state index is 0.551. The average molecular weight is 238 g/mol. The van der Waals surface area contributed by atoms with E-state index in [1.165, 1.54) is 30.0 Å². The van der Waals surface area contributed by atoms with E-state index in [4.69, 9.17) is 0 Å². The zero-order valence-corrected chi connectivity index (χ0v) is 11.3. The van der Waals surface area contributed by atoms with Gasteiger partial charge in [0.05, 0.1) is 5.69 Å². The Balaban J connectivity index is 1.84. The molecule has 1 aliphatic carbocycles. The summed E-state index contributed by atoms with van der Waals surface area (Å²) >= 11 is 1.79. The minimum Gasteiger partial charge on any atom is -0.307 e. The van der Waals surface area contributed by atoms with Gasteiger partial charge in [-0.2, -0.15) is 0 Å². The largest absolute Gasteiger partial charge is 0.307 e. The molecule has 3 heteroatoms. The first-order valence-electron chi connectivity index (χ1n) is 6.34. The molecule has 2 unspecified atom stereocenters. The smallest absolute Gasteiger partial charge is 0.107 e. The first-order chi connectivity index (χ1) is 7.66. The summed E-state index contributed by atoms with van der Waals surface area (Å²) in [7, 11) is 0. The van der Waals surface area contributed by atoms with E-state index in [9.17, 15) is 0 Å². The van der Waals surface area contributed by atoms with E-state index in [0.717, 1.165) is 12.5 Å². The minimum absolute atomic E-state index is 0.551. The Morgan fingerprint density at radius 2 is 2.31 bits per heavy atom. The van der Waals surface area contributed by atoms with E-state index >= 15 is 0 Å². The molecule has 0 saturated heterocycles. The molecule has 1 aromatic heterocycles. The molecule has 0 spiro atoms. The molecule has 0 aromatic carbocycles. The maximum absolute atomic E-state index is 4.65. The van der Waals surface area contributed by atoms with Crippen LogP contribution in [0.5, 0.6) is 0 Å². The monoisotopic (exact) mass is 238 g/mol. The standard InChI is InChI=1S/C13H22N2S/c1-9(2)12-8-16-13(15-12)7-14-11-6-4-5-10(11)3/h8-11,14H,4-7H2,1-3H3. The summed E-state index contributed by atoms with van der Waals surface area (Å²) in [5.41, 5.74) is 1.24. The van der Waals surface area contributed by atoms with E-state index in [-0.39, 0.29) is 0 Å². The molecule has 90 valence electrons. The number of hydrogen-bond acceptors (Lipinski definition) is 3. The van der Waals surface area contributed by atoms with Crippen molar-refractivity contribution in [3.8, 4) is 0 Å². The number of nitrogens with zero attached hydrogens (tertiary/aromatic N) is 1. The lowest BCUT2D eigenvalue weighted by molar-refractivity contribution is 0.425. The van der Waals surface area contributed by atoms with Gasteiger partial charge < -0.3 is 5.32 Å². The zero-order valence-electron chi connectivity index (χ0n) is 10.5. The van der Waals surface area contributed by atoms with Crippen LogP contribution in [0.4, 0.5) is 0 Å². The highest BCUT2D eigenvalue weighted by Gasteiger charge is 2.22. The molecular formula is C13H22N2S. The summed E-state index contributed by atoms with van der Waals surface area (Å²) in [6.07, 6.45) is 4.10. The van der Waals surface area contributed by atoms with Crippen LogP contribution >= 0.6 is 11.3 Å². The van der Waals surface area contributed by atoms with Gasteiger partial charge in [0, 0.05) is 18.0 Å². The molecular weight excluding hydrogens is 216 g/mol. The number of rotatable bonds is 4. The Kier molecular flexibility index (Phi) is 3.98. The van der Waals surface area contributed by atoms with Crippen LogP contribution < -0.4 is 5.32 Å². The fraction of sp³-hybridized carbons (Fsp3) is 0.769. The zero-order chi connectivity index (χ0) is 11.5. The van der Waals surface area contributed by atoms with Gasteiger partial charge in [0.15, 0.2) is 0 Å². The van der Waals surface area contributed by atoms with Gasteiger partial charge in [-0.25, -0.2) is 4.98 Å². The summed E-state index contributed by atoms with van der Waals surface area (Å²) < 4.78 is 0. The van der Waals surface area contributed by atoms with E-state index in [2.05, 4.69) is 36.5 Å². The van der Waals surface area contributed by atoms with Crippen LogP contribution in [0.1, 0.15) is 56.7 Å². The molecule has 1 fully saturated rings. The van der Waals surface area contributed by atoms with Gasteiger partial charge in [0.1, 0.15) is 5.01 Å². The summed E-state index contributed by atoms with van der Waals surface area (Å²) in [6, 6.07) is 0.714. The highest BCUT2D eigenvalue weighted by atomic mass is 32.1. The third-order valence-corrected chi connectivity index (χ3v) is 4.41. The fourth-order valence-electron chi connectivity index (χ4n) is 2.34. The molecule has 2 atom stereocenters. The van der Waals surface area contributed by atoms with Crippen molar-refractivity contribution in [2.24, 2.45) is 5.92 Å². The predicted molar refractivity (Wildman–Crippen MR) is 69.8 cm³/mol. The van der Waals surface area contributed by atoms with Crippen molar-refractivity contribution in [2.45, 2.75) is 58.5 Å². The van der Waals surface area contributed by atoms with E-state index in [1.807, 2.05) is 0 Å². The Morgan fingerprint density at radius 1 is 1.50 bits per heavy atom. The second-order valence-electron chi connectivity index (χ2n) is 5.22. The summed E-state index contributed by atoms with van der Waals surface area (Å²) in [5.74, 6) is 1.39. The molecule has 1 aliphatic rings. The lowest BCUT2D eigenvalue weighted by atomic mass is 10.1. The predicted octanol–water partition coefficient (Wildman–Crippen LogP) is 3.54. The molecule has 1 heterocycles. The number of thiazole rings is 1. The van der Waals surface area contributed by atoms with E-state index in [1.54, 1.807) is 11.3 Å². The van der Waals surface area contributed by atoms with Crippen LogP contribution in [0.25, 0.3) is 0 Å². The average Bonchev–Trinajstić information content (AvgIpc) is 2.83. The molecule has 1 N–H and O–H groups in total. The summed E-state index contributed by atoms with van der Waals surface area (Å²) in [6.45, 7) is 7.70. The van der Waals surface area contributed by atoms with Crippen LogP contribution in [0.2, 0.25) is 0 Å². The van der Waals surface area contributed by atoms with Crippen molar-refractivity contribution in [2.75, 3.05) is 0 Å². The molecule has 0 amide bonds.